The van der Waals surface area contributed by atoms with Crippen molar-refractivity contribution in [3.63, 3.8) is 0 Å². The van der Waals surface area contributed by atoms with E-state index < -0.39 is 111 Å². The standard InChI is InChI=1S/C60H76ClN17O19S4/c1-76(2)18-19-95-46-22-36-37(28-66-39(36)23-45(46)94-3)55(88)78-29-32(27-61)51-35-12-5-4-11-34(35)44(26-43(51)78)97-60(91)96-20-21-98-99-31-42(56(89)90)70-54(87)41(25-50(83)84)69-52(85)38(13-9-16-65-57(62)63)68-53(86)40(24-49(81)82)67-47(79)14-6-7-17-77-30-33(72-75-77)10-8-15-48(80)71-58-73-74-59(100-58)101(64,92)93/h4-5,11-12,22-23,26,28,30,32,38,40-42,66H,6-10,13-21,24-25,27,29,31H2,1-3H3,(H,67,79)(H,68,86)(H,69,85)(H,70,87)(H,81,82)(H,83,84)(H,89,90)(H4,62,63,65)(H2,64,92,93)(H,71,73,80)/t32-,38+,40+,41+,42+/m1/s1. The zero-order valence-corrected chi connectivity index (χ0v) is 58.7. The monoisotopic (exact) mass is 1500 g/mol. The van der Waals surface area contributed by atoms with Crippen molar-refractivity contribution in [2.24, 2.45) is 10.9 Å². The van der Waals surface area contributed by atoms with Crippen LogP contribution in [0.3, 0.4) is 0 Å². The molecule has 6 amide bonds. The number of sulfonamides is 1. The molecule has 0 spiro atoms. The molecule has 101 heavy (non-hydrogen) atoms. The lowest BCUT2D eigenvalue weighted by Gasteiger charge is -2.25. The Morgan fingerprint density at radius 1 is 0.822 bits per heavy atom. The van der Waals surface area contributed by atoms with Crippen LogP contribution in [0.15, 0.2) is 59.2 Å². The maximum atomic E-state index is 14.6. The highest BCUT2D eigenvalue weighted by Gasteiger charge is 2.38. The van der Waals surface area contributed by atoms with Crippen LogP contribution in [-0.4, -0.2) is 220 Å². The summed E-state index contributed by atoms with van der Waals surface area (Å²) < 4.78 is 46.7. The number of guanidine groups is 1. The quantitative estimate of drug-likeness (QED) is 0.00383. The van der Waals surface area contributed by atoms with Crippen molar-refractivity contribution in [2.45, 2.75) is 105 Å². The predicted octanol–water partition coefficient (Wildman–Crippen LogP) is 2.31. The normalized spacial score (nSPS) is 13.8. The predicted molar refractivity (Wildman–Crippen MR) is 371 cm³/mol. The van der Waals surface area contributed by atoms with Gasteiger partial charge in [-0.15, -0.1) is 26.9 Å². The highest BCUT2D eigenvalue weighted by molar-refractivity contribution is 8.76. The smallest absolute Gasteiger partial charge is 0.493 e. The van der Waals surface area contributed by atoms with E-state index in [1.807, 2.05) is 25.1 Å². The van der Waals surface area contributed by atoms with Gasteiger partial charge in [0.1, 0.15) is 43.1 Å². The van der Waals surface area contributed by atoms with Gasteiger partial charge in [0.05, 0.1) is 42.4 Å². The van der Waals surface area contributed by atoms with Gasteiger partial charge in [0, 0.05) is 97.6 Å². The number of H-pyrrole nitrogens is 1. The minimum absolute atomic E-state index is 0.000863. The van der Waals surface area contributed by atoms with Crippen LogP contribution in [0.5, 0.6) is 17.2 Å². The lowest BCUT2D eigenvalue weighted by molar-refractivity contribution is -0.143. The zero-order chi connectivity index (χ0) is 73.5. The summed E-state index contributed by atoms with van der Waals surface area (Å²) in [6.07, 6.45) is 0.946. The molecule has 0 radical (unpaired) electrons. The number of benzene rings is 3. The number of unbranched alkanes of at least 4 members (excludes halogenated alkanes) is 1. The van der Waals surface area contributed by atoms with Crippen molar-refractivity contribution in [1.29, 1.82) is 5.41 Å². The van der Waals surface area contributed by atoms with Crippen LogP contribution < -0.4 is 61.9 Å². The molecule has 3 aromatic carbocycles. The van der Waals surface area contributed by atoms with Crippen LogP contribution >= 0.6 is 44.5 Å². The summed E-state index contributed by atoms with van der Waals surface area (Å²) in [5, 5.41) is 73.1. The van der Waals surface area contributed by atoms with Gasteiger partial charge in [-0.05, 0) is 69.6 Å². The van der Waals surface area contributed by atoms with E-state index in [1.165, 1.54) is 11.8 Å². The summed E-state index contributed by atoms with van der Waals surface area (Å²) in [4.78, 5) is 138. The number of aryl methyl sites for hydroxylation is 2. The van der Waals surface area contributed by atoms with Gasteiger partial charge in [-0.3, -0.25) is 48.4 Å². The van der Waals surface area contributed by atoms with Gasteiger partial charge in [0.2, 0.25) is 39.0 Å². The summed E-state index contributed by atoms with van der Waals surface area (Å²) in [6, 6.07) is 5.22. The third-order valence-corrected chi connectivity index (χ3v) is 20.0. The highest BCUT2D eigenvalue weighted by atomic mass is 35.5. The molecule has 6 aromatic rings. The number of fused-ring (bicyclic) bond motifs is 4. The summed E-state index contributed by atoms with van der Waals surface area (Å²) in [5.41, 5.74) is 8.16. The number of halogens is 1. The van der Waals surface area contributed by atoms with Crippen molar-refractivity contribution in [1.82, 2.24) is 61.7 Å². The number of alkyl halides is 1. The Kier molecular flexibility index (Phi) is 29.4. The molecule has 0 saturated carbocycles. The Labute approximate surface area is 593 Å². The van der Waals surface area contributed by atoms with Crippen molar-refractivity contribution >= 4 is 153 Å². The van der Waals surface area contributed by atoms with Crippen LogP contribution in [0.4, 0.5) is 15.6 Å². The van der Waals surface area contributed by atoms with E-state index in [4.69, 9.17) is 46.8 Å². The van der Waals surface area contributed by atoms with Gasteiger partial charge in [-0.2, -0.15) is 0 Å². The van der Waals surface area contributed by atoms with Crippen molar-refractivity contribution in [2.75, 3.05) is 81.7 Å². The molecule has 5 atom stereocenters. The Bertz CT molecular complexity index is 4120. The number of rotatable bonds is 41. The Morgan fingerprint density at radius 2 is 1.50 bits per heavy atom. The van der Waals surface area contributed by atoms with Gasteiger partial charge in [-0.25, -0.2) is 23.1 Å². The topological polar surface area (TPSA) is 529 Å². The lowest BCUT2D eigenvalue weighted by atomic mass is 9.95. The van der Waals surface area contributed by atoms with E-state index in [0.717, 1.165) is 27.2 Å². The fourth-order valence-corrected chi connectivity index (χ4v) is 13.8. The number of hydrogen-bond acceptors (Lipinski definition) is 25. The number of aromatic amines is 1. The molecule has 1 aliphatic heterocycles. The fraction of sp³-hybridized carbons (Fsp3) is 0.450. The van der Waals surface area contributed by atoms with Crippen LogP contribution in [0.2, 0.25) is 0 Å². The second-order valence-electron chi connectivity index (χ2n) is 22.9. The summed E-state index contributed by atoms with van der Waals surface area (Å²) in [7, 11) is 3.27. The first kappa shape index (κ1) is 78.7. The Hall–Kier alpha value is -9.61. The highest BCUT2D eigenvalue weighted by Crippen LogP contribution is 2.47. The molecule has 4 heterocycles. The third kappa shape index (κ3) is 23.5. The van der Waals surface area contributed by atoms with E-state index in [1.54, 1.807) is 53.7 Å². The molecule has 36 nitrogen and oxygen atoms in total. The number of carboxylic acid groups (broad SMARTS) is 3. The molecular formula is C60H76ClN17O19S4. The molecule has 0 unspecified atom stereocenters. The summed E-state index contributed by atoms with van der Waals surface area (Å²) in [5.74, 6) is -9.57. The average Bonchev–Trinajstić information content (AvgIpc) is 1.61. The maximum absolute atomic E-state index is 14.6. The number of nitrogens with two attached hydrogens (primary N) is 2. The van der Waals surface area contributed by atoms with Gasteiger partial charge >= 0.3 is 24.1 Å². The minimum atomic E-state index is -4.08. The number of anilines is 2. The molecule has 3 aromatic heterocycles. The van der Waals surface area contributed by atoms with Crippen molar-refractivity contribution < 1.29 is 90.6 Å². The van der Waals surface area contributed by atoms with Gasteiger partial charge in [0.25, 0.3) is 15.9 Å². The van der Waals surface area contributed by atoms with Crippen LogP contribution in [0, 0.1) is 5.41 Å². The second-order valence-corrected chi connectivity index (χ2v) is 28.5. The first-order valence-electron chi connectivity index (χ1n) is 31.1. The van der Waals surface area contributed by atoms with Crippen LogP contribution in [-0.2, 0) is 66.1 Å². The SMILES string of the molecule is COc1cc2[nH]cc(C(=O)N3C[C@@H](CCl)c4c3cc(OC(=O)OCCSSC[C@H](NC(=O)[C@H](CC(=O)O)NC(=O)[C@H](CCCNC(=N)N)NC(=O)[C@H](CC(=O)O)NC(=O)CCCCn3cc(CCCC(=O)Nc5nnc(S(N)(=O)=O)s5)nn3)C(=O)O)c3ccccc43)c2cc1OCCN(C)C. The third-order valence-electron chi connectivity index (χ3n) is 15.1. The van der Waals surface area contributed by atoms with E-state index >= 15 is 0 Å². The number of primary sulfonamides is 1. The Balaban J connectivity index is 0.892. The number of nitrogens with zero attached hydrogens (tertiary/aromatic N) is 7. The van der Waals surface area contributed by atoms with Crippen molar-refractivity contribution in [3.8, 4) is 17.2 Å². The number of amides is 6. The lowest BCUT2D eigenvalue weighted by Crippen LogP contribution is -2.58. The largest absolute Gasteiger partial charge is 0.513 e. The number of likely N-dealkylation sites (N-methyl/N-ethyl adjacent to an activating group) is 1. The number of aromatic nitrogens is 6. The van der Waals surface area contributed by atoms with E-state index in [0.29, 0.717) is 93.9 Å². The number of carbonyl (C=O) groups excluding carboxylic acids is 7. The number of ether oxygens (including phenoxy) is 4. The number of carboxylic acids is 3. The summed E-state index contributed by atoms with van der Waals surface area (Å²) >= 11 is 7.16. The second kappa shape index (κ2) is 37.7. The molecule has 546 valence electrons. The molecule has 15 N–H and O–H groups in total. The molecule has 7 rings (SSSR count). The van der Waals surface area contributed by atoms with Crippen molar-refractivity contribution in [3.05, 3.63) is 71.7 Å². The van der Waals surface area contributed by atoms with Gasteiger partial charge < -0.3 is 86.7 Å². The number of hydrogen-bond donors (Lipinski definition) is 13. The molecular weight excluding hydrogens is 1430 g/mol. The molecule has 0 fully saturated rings. The van der Waals surface area contributed by atoms with Gasteiger partial charge in [-0.1, -0.05) is 62.4 Å². The van der Waals surface area contributed by atoms with E-state index in [-0.39, 0.29) is 98.4 Å². The fourth-order valence-electron chi connectivity index (χ4n) is 10.3. The number of methoxy groups -OCH3 is 1. The molecule has 1 aliphatic rings. The first-order valence-corrected chi connectivity index (χ1v) is 36.5. The molecule has 0 bridgehead atoms. The number of aliphatic carboxylic acids is 3. The number of nitrogens with one attached hydrogen (secondary N) is 8. The average molecular weight is 1500 g/mol. The van der Waals surface area contributed by atoms with Crippen LogP contribution in [0.1, 0.15) is 85.3 Å². The molecule has 0 aliphatic carbocycles. The molecule has 41 heteroatoms. The maximum Gasteiger partial charge on any atom is 0.513 e. The van der Waals surface area contributed by atoms with Gasteiger partial charge in [0.15, 0.2) is 17.5 Å². The summed E-state index contributed by atoms with van der Waals surface area (Å²) in [6.45, 7) is 1.23. The minimum Gasteiger partial charge on any atom is -0.493 e. The first-order chi connectivity index (χ1) is 48.1. The van der Waals surface area contributed by atoms with E-state index in [9.17, 15) is 71.7 Å². The molecule has 0 saturated heterocycles. The number of carbonyl (C=O) groups is 10. The van der Waals surface area contributed by atoms with E-state index in [2.05, 4.69) is 57.4 Å². The Morgan fingerprint density at radius 3 is 2.17 bits per heavy atom. The zero-order valence-electron chi connectivity index (χ0n) is 54.7. The van der Waals surface area contributed by atoms with Crippen LogP contribution in [0.25, 0.3) is 21.7 Å².